The zero-order valence-electron chi connectivity index (χ0n) is 11.9. The maximum atomic E-state index is 11.3. The lowest BCUT2D eigenvalue weighted by atomic mass is 10.2. The monoisotopic (exact) mass is 300 g/mol. The normalized spacial score (nSPS) is 11.4. The Balaban J connectivity index is 2.54. The highest BCUT2D eigenvalue weighted by molar-refractivity contribution is 7.88. The average molecular weight is 300 g/mol. The zero-order valence-corrected chi connectivity index (χ0v) is 12.7. The molecule has 0 heterocycles. The van der Waals surface area contributed by atoms with Gasteiger partial charge >= 0.3 is 0 Å². The molecule has 1 rings (SSSR count). The summed E-state index contributed by atoms with van der Waals surface area (Å²) in [4.78, 5) is 11.2. The Morgan fingerprint density at radius 1 is 1.30 bits per heavy atom. The summed E-state index contributed by atoms with van der Waals surface area (Å²) in [5, 5.41) is 2.63. The number of benzene rings is 1. The van der Waals surface area contributed by atoms with Crippen LogP contribution in [0.3, 0.4) is 0 Å². The molecule has 0 aliphatic rings. The van der Waals surface area contributed by atoms with Gasteiger partial charge in [0, 0.05) is 20.1 Å². The molecule has 1 aromatic carbocycles. The van der Waals surface area contributed by atoms with Crippen LogP contribution in [0.15, 0.2) is 24.3 Å². The predicted molar refractivity (Wildman–Crippen MR) is 76.9 cm³/mol. The standard InChI is InChI=1S/C13H20N2O4S/c1-4-14-13(16)10-19-12-7-5-11(6-8-12)9-15(2)20(3,17)18/h5-8H,4,9-10H2,1-3H3,(H,14,16). The van der Waals surface area contributed by atoms with E-state index in [0.29, 0.717) is 18.8 Å². The summed E-state index contributed by atoms with van der Waals surface area (Å²) in [5.74, 6) is 0.399. The summed E-state index contributed by atoms with van der Waals surface area (Å²) in [5.41, 5.74) is 0.850. The van der Waals surface area contributed by atoms with Gasteiger partial charge in [0.05, 0.1) is 6.26 Å². The Hall–Kier alpha value is -1.60. The summed E-state index contributed by atoms with van der Waals surface area (Å²) in [6.07, 6.45) is 1.16. The molecule has 1 amide bonds. The fourth-order valence-electron chi connectivity index (χ4n) is 1.46. The van der Waals surface area contributed by atoms with Crippen molar-refractivity contribution in [1.82, 2.24) is 9.62 Å². The second-order valence-corrected chi connectivity index (χ2v) is 6.49. The van der Waals surface area contributed by atoms with E-state index in [1.54, 1.807) is 24.3 Å². The first-order valence-electron chi connectivity index (χ1n) is 6.22. The largest absolute Gasteiger partial charge is 0.484 e. The number of amides is 1. The summed E-state index contributed by atoms with van der Waals surface area (Å²) < 4.78 is 29.2. The van der Waals surface area contributed by atoms with Crippen molar-refractivity contribution in [3.8, 4) is 5.75 Å². The van der Waals surface area contributed by atoms with Crippen LogP contribution < -0.4 is 10.1 Å². The predicted octanol–water partition coefficient (Wildman–Crippen LogP) is 0.593. The van der Waals surface area contributed by atoms with E-state index in [0.717, 1.165) is 11.8 Å². The molecule has 6 nitrogen and oxygen atoms in total. The van der Waals surface area contributed by atoms with Gasteiger partial charge in [0.15, 0.2) is 6.61 Å². The highest BCUT2D eigenvalue weighted by Crippen LogP contribution is 2.14. The molecule has 0 radical (unpaired) electrons. The van der Waals surface area contributed by atoms with Crippen molar-refractivity contribution in [3.05, 3.63) is 29.8 Å². The third kappa shape index (κ3) is 5.58. The van der Waals surface area contributed by atoms with E-state index >= 15 is 0 Å². The number of ether oxygens (including phenoxy) is 1. The minimum atomic E-state index is -3.19. The molecule has 0 unspecified atom stereocenters. The van der Waals surface area contributed by atoms with Crippen molar-refractivity contribution in [3.63, 3.8) is 0 Å². The topological polar surface area (TPSA) is 75.7 Å². The molecule has 0 aromatic heterocycles. The number of nitrogens with one attached hydrogen (secondary N) is 1. The average Bonchev–Trinajstić information content (AvgIpc) is 2.37. The lowest BCUT2D eigenvalue weighted by molar-refractivity contribution is -0.122. The number of sulfonamides is 1. The number of nitrogens with zero attached hydrogens (tertiary/aromatic N) is 1. The Bertz CT molecular complexity index is 540. The first-order valence-corrected chi connectivity index (χ1v) is 8.07. The first-order chi connectivity index (χ1) is 9.32. The highest BCUT2D eigenvalue weighted by atomic mass is 32.2. The molecule has 7 heteroatoms. The summed E-state index contributed by atoms with van der Waals surface area (Å²) >= 11 is 0. The van der Waals surface area contributed by atoms with E-state index in [4.69, 9.17) is 4.74 Å². The molecule has 0 saturated carbocycles. The van der Waals surface area contributed by atoms with Gasteiger partial charge in [-0.05, 0) is 24.6 Å². The summed E-state index contributed by atoms with van der Waals surface area (Å²) in [6.45, 7) is 2.68. The van der Waals surface area contributed by atoms with Crippen LogP contribution in [-0.2, 0) is 21.4 Å². The van der Waals surface area contributed by atoms with Crippen LogP contribution in [0.4, 0.5) is 0 Å². The van der Waals surface area contributed by atoms with E-state index < -0.39 is 10.0 Å². The van der Waals surface area contributed by atoms with Crippen LogP contribution in [0.2, 0.25) is 0 Å². The molecule has 1 aromatic rings. The molecule has 1 N–H and O–H groups in total. The fourth-order valence-corrected chi connectivity index (χ4v) is 1.85. The molecule has 0 aliphatic heterocycles. The molecule has 20 heavy (non-hydrogen) atoms. The third-order valence-electron chi connectivity index (χ3n) is 2.64. The Labute approximate surface area is 119 Å². The SMILES string of the molecule is CCNC(=O)COc1ccc(CN(C)S(C)(=O)=O)cc1. The fraction of sp³-hybridized carbons (Fsp3) is 0.462. The number of carbonyl (C=O) groups excluding carboxylic acids is 1. The van der Waals surface area contributed by atoms with E-state index in [-0.39, 0.29) is 12.5 Å². The quantitative estimate of drug-likeness (QED) is 0.800. The maximum Gasteiger partial charge on any atom is 0.257 e. The molecule has 0 spiro atoms. The number of carbonyl (C=O) groups is 1. The maximum absolute atomic E-state index is 11.3. The van der Waals surface area contributed by atoms with Crippen LogP contribution >= 0.6 is 0 Å². The first kappa shape index (κ1) is 16.5. The van der Waals surface area contributed by atoms with Gasteiger partial charge in [0.1, 0.15) is 5.75 Å². The van der Waals surface area contributed by atoms with E-state index in [1.165, 1.54) is 11.4 Å². The van der Waals surface area contributed by atoms with Gasteiger partial charge in [0.2, 0.25) is 10.0 Å². The number of hydrogen-bond donors (Lipinski definition) is 1. The number of hydrogen-bond acceptors (Lipinski definition) is 4. The van der Waals surface area contributed by atoms with Crippen molar-refractivity contribution < 1.29 is 17.9 Å². The zero-order chi connectivity index (χ0) is 15.2. The van der Waals surface area contributed by atoms with Crippen molar-refractivity contribution in [2.75, 3.05) is 26.5 Å². The minimum Gasteiger partial charge on any atom is -0.484 e. The van der Waals surface area contributed by atoms with Gasteiger partial charge in [-0.15, -0.1) is 0 Å². The van der Waals surface area contributed by atoms with Crippen LogP contribution in [-0.4, -0.2) is 45.1 Å². The number of likely N-dealkylation sites (N-methyl/N-ethyl adjacent to an activating group) is 1. The lowest BCUT2D eigenvalue weighted by Crippen LogP contribution is -2.28. The summed E-state index contributed by atoms with van der Waals surface area (Å²) in [6, 6.07) is 6.97. The second-order valence-electron chi connectivity index (χ2n) is 4.41. The van der Waals surface area contributed by atoms with E-state index in [2.05, 4.69) is 5.32 Å². The van der Waals surface area contributed by atoms with Gasteiger partial charge in [-0.25, -0.2) is 12.7 Å². The van der Waals surface area contributed by atoms with Gasteiger partial charge < -0.3 is 10.1 Å². The van der Waals surface area contributed by atoms with Crippen molar-refractivity contribution >= 4 is 15.9 Å². The molecule has 0 atom stereocenters. The van der Waals surface area contributed by atoms with Crippen LogP contribution in [0, 0.1) is 0 Å². The van der Waals surface area contributed by atoms with Gasteiger partial charge in [-0.1, -0.05) is 12.1 Å². The molecule has 0 aliphatic carbocycles. The molecule has 0 bridgehead atoms. The van der Waals surface area contributed by atoms with Crippen LogP contribution in [0.5, 0.6) is 5.75 Å². The Morgan fingerprint density at radius 3 is 2.40 bits per heavy atom. The molecule has 0 fully saturated rings. The lowest BCUT2D eigenvalue weighted by Gasteiger charge is -2.14. The van der Waals surface area contributed by atoms with E-state index in [1.807, 2.05) is 6.92 Å². The molecule has 112 valence electrons. The van der Waals surface area contributed by atoms with Crippen molar-refractivity contribution in [1.29, 1.82) is 0 Å². The van der Waals surface area contributed by atoms with Crippen LogP contribution in [0.25, 0.3) is 0 Å². The van der Waals surface area contributed by atoms with Gasteiger partial charge in [-0.3, -0.25) is 4.79 Å². The Kier molecular flexibility index (Phi) is 5.97. The third-order valence-corrected chi connectivity index (χ3v) is 3.90. The van der Waals surface area contributed by atoms with E-state index in [9.17, 15) is 13.2 Å². The van der Waals surface area contributed by atoms with Gasteiger partial charge in [0.25, 0.3) is 5.91 Å². The Morgan fingerprint density at radius 2 is 1.90 bits per heavy atom. The van der Waals surface area contributed by atoms with Gasteiger partial charge in [-0.2, -0.15) is 0 Å². The smallest absolute Gasteiger partial charge is 0.257 e. The van der Waals surface area contributed by atoms with Crippen molar-refractivity contribution in [2.24, 2.45) is 0 Å². The molecule has 0 saturated heterocycles. The highest BCUT2D eigenvalue weighted by Gasteiger charge is 2.11. The second kappa shape index (κ2) is 7.25. The molecular formula is C13H20N2O4S. The minimum absolute atomic E-state index is 0.0313. The number of rotatable bonds is 7. The van der Waals surface area contributed by atoms with Crippen molar-refractivity contribution in [2.45, 2.75) is 13.5 Å². The van der Waals surface area contributed by atoms with Crippen LogP contribution in [0.1, 0.15) is 12.5 Å². The summed E-state index contributed by atoms with van der Waals surface area (Å²) in [7, 11) is -1.67. The molecular weight excluding hydrogens is 280 g/mol.